The van der Waals surface area contributed by atoms with E-state index in [9.17, 15) is 9.59 Å². The highest BCUT2D eigenvalue weighted by Crippen LogP contribution is 2.29. The maximum atomic E-state index is 12.5. The van der Waals surface area contributed by atoms with Crippen LogP contribution in [0.4, 0.5) is 5.69 Å². The van der Waals surface area contributed by atoms with Crippen molar-refractivity contribution in [1.29, 1.82) is 0 Å². The van der Waals surface area contributed by atoms with Crippen LogP contribution < -0.4 is 11.1 Å². The number of furan rings is 1. The Hall–Kier alpha value is -2.93. The number of thiazole rings is 1. The Morgan fingerprint density at radius 1 is 1.21 bits per heavy atom. The molecule has 0 aliphatic rings. The molecule has 2 heterocycles. The van der Waals surface area contributed by atoms with E-state index in [4.69, 9.17) is 10.2 Å². The number of nitrogens with two attached hydrogens (primary N) is 1. The lowest BCUT2D eigenvalue weighted by molar-refractivity contribution is 0.0996. The van der Waals surface area contributed by atoms with Gasteiger partial charge in [0.2, 0.25) is 5.91 Å². The van der Waals surface area contributed by atoms with Crippen LogP contribution in [0.15, 0.2) is 40.8 Å². The molecule has 3 rings (SSSR count). The van der Waals surface area contributed by atoms with Crippen molar-refractivity contribution >= 4 is 28.8 Å². The number of anilines is 1. The van der Waals surface area contributed by atoms with Gasteiger partial charge in [-0.05, 0) is 44.2 Å². The molecular weight excluding hydrogens is 326 g/mol. The Morgan fingerprint density at radius 2 is 2.00 bits per heavy atom. The number of aromatic nitrogens is 1. The van der Waals surface area contributed by atoms with Gasteiger partial charge in [-0.15, -0.1) is 11.3 Å². The number of benzene rings is 1. The molecule has 0 saturated carbocycles. The van der Waals surface area contributed by atoms with Crippen molar-refractivity contribution in [3.8, 4) is 10.8 Å². The third kappa shape index (κ3) is 3.21. The number of aryl methyl sites for hydroxylation is 2. The summed E-state index contributed by atoms with van der Waals surface area (Å²) in [6.07, 6.45) is 0. The molecule has 2 amide bonds. The SMILES string of the molecule is Cc1ccc(-c2nc(C)c(C(=O)Nc3cccc(C(N)=O)c3)s2)o1. The zero-order chi connectivity index (χ0) is 17.3. The summed E-state index contributed by atoms with van der Waals surface area (Å²) in [5.74, 6) is 0.583. The minimum atomic E-state index is -0.546. The highest BCUT2D eigenvalue weighted by molar-refractivity contribution is 7.17. The molecule has 0 radical (unpaired) electrons. The summed E-state index contributed by atoms with van der Waals surface area (Å²) >= 11 is 1.26. The molecular formula is C17H15N3O3S. The van der Waals surface area contributed by atoms with Gasteiger partial charge in [0.05, 0.1) is 5.69 Å². The van der Waals surface area contributed by atoms with Crippen LogP contribution in [-0.4, -0.2) is 16.8 Å². The van der Waals surface area contributed by atoms with Gasteiger partial charge in [-0.1, -0.05) is 6.07 Å². The van der Waals surface area contributed by atoms with Crippen LogP contribution in [0.1, 0.15) is 31.5 Å². The predicted molar refractivity (Wildman–Crippen MR) is 92.2 cm³/mol. The molecule has 6 nitrogen and oxygen atoms in total. The van der Waals surface area contributed by atoms with Gasteiger partial charge in [0.1, 0.15) is 10.6 Å². The number of amides is 2. The van der Waals surface area contributed by atoms with Crippen LogP contribution in [0, 0.1) is 13.8 Å². The maximum Gasteiger partial charge on any atom is 0.267 e. The molecule has 3 N–H and O–H groups in total. The third-order valence-electron chi connectivity index (χ3n) is 3.36. The summed E-state index contributed by atoms with van der Waals surface area (Å²) < 4.78 is 5.54. The zero-order valence-corrected chi connectivity index (χ0v) is 13.9. The molecule has 0 spiro atoms. The van der Waals surface area contributed by atoms with Gasteiger partial charge in [0, 0.05) is 11.3 Å². The Labute approximate surface area is 142 Å². The van der Waals surface area contributed by atoms with Gasteiger partial charge >= 0.3 is 0 Å². The molecule has 0 unspecified atom stereocenters. The standard InChI is InChI=1S/C17H15N3O3S/c1-9-6-7-13(23-9)17-19-10(2)14(24-17)16(22)20-12-5-3-4-11(8-12)15(18)21/h3-8H,1-2H3,(H2,18,21)(H,20,22). The van der Waals surface area contributed by atoms with Crippen LogP contribution >= 0.6 is 11.3 Å². The number of nitrogens with one attached hydrogen (secondary N) is 1. The highest BCUT2D eigenvalue weighted by atomic mass is 32.1. The smallest absolute Gasteiger partial charge is 0.267 e. The lowest BCUT2D eigenvalue weighted by atomic mass is 10.2. The highest BCUT2D eigenvalue weighted by Gasteiger charge is 2.18. The first-order chi connectivity index (χ1) is 11.4. The van der Waals surface area contributed by atoms with E-state index >= 15 is 0 Å². The van der Waals surface area contributed by atoms with Crippen molar-refractivity contribution in [2.75, 3.05) is 5.32 Å². The van der Waals surface area contributed by atoms with Gasteiger partial charge in [0.15, 0.2) is 10.8 Å². The van der Waals surface area contributed by atoms with E-state index < -0.39 is 5.91 Å². The molecule has 1 aromatic carbocycles. The van der Waals surface area contributed by atoms with Gasteiger partial charge in [-0.2, -0.15) is 0 Å². The summed E-state index contributed by atoms with van der Waals surface area (Å²) in [5, 5.41) is 3.41. The van der Waals surface area contributed by atoms with Crippen molar-refractivity contribution < 1.29 is 14.0 Å². The normalized spacial score (nSPS) is 10.6. The van der Waals surface area contributed by atoms with Crippen molar-refractivity contribution in [3.05, 3.63) is 58.3 Å². The molecule has 0 aliphatic carbocycles. The first-order valence-electron chi connectivity index (χ1n) is 7.19. The summed E-state index contributed by atoms with van der Waals surface area (Å²) in [4.78, 5) is 28.6. The number of hydrogen-bond donors (Lipinski definition) is 2. The zero-order valence-electron chi connectivity index (χ0n) is 13.1. The predicted octanol–water partition coefficient (Wildman–Crippen LogP) is 3.37. The van der Waals surface area contributed by atoms with E-state index in [0.29, 0.717) is 32.6 Å². The van der Waals surface area contributed by atoms with Crippen LogP contribution in [0.5, 0.6) is 0 Å². The Kier molecular flexibility index (Phi) is 4.18. The molecule has 7 heteroatoms. The Morgan fingerprint density at radius 3 is 2.67 bits per heavy atom. The quantitative estimate of drug-likeness (QED) is 0.760. The summed E-state index contributed by atoms with van der Waals surface area (Å²) in [6, 6.07) is 10.2. The van der Waals surface area contributed by atoms with Gasteiger partial charge < -0.3 is 15.5 Å². The second-order valence-electron chi connectivity index (χ2n) is 5.24. The molecule has 122 valence electrons. The monoisotopic (exact) mass is 341 g/mol. The van der Waals surface area contributed by atoms with Gasteiger partial charge in [-0.3, -0.25) is 9.59 Å². The number of primary amides is 1. The molecule has 0 aliphatic heterocycles. The molecule has 2 aromatic heterocycles. The Bertz CT molecular complexity index is 927. The lowest BCUT2D eigenvalue weighted by Crippen LogP contribution is -2.14. The fourth-order valence-corrected chi connectivity index (χ4v) is 3.12. The maximum absolute atomic E-state index is 12.5. The number of hydrogen-bond acceptors (Lipinski definition) is 5. The van der Waals surface area contributed by atoms with Crippen molar-refractivity contribution in [2.45, 2.75) is 13.8 Å². The van der Waals surface area contributed by atoms with Gasteiger partial charge in [-0.25, -0.2) is 4.98 Å². The van der Waals surface area contributed by atoms with E-state index in [1.807, 2.05) is 19.1 Å². The summed E-state index contributed by atoms with van der Waals surface area (Å²) in [6.45, 7) is 3.62. The topological polar surface area (TPSA) is 98.2 Å². The first-order valence-corrected chi connectivity index (χ1v) is 8.01. The molecule has 0 fully saturated rings. The van der Waals surface area contributed by atoms with E-state index in [2.05, 4.69) is 10.3 Å². The first kappa shape index (κ1) is 15.9. The third-order valence-corrected chi connectivity index (χ3v) is 4.53. The Balaban J connectivity index is 1.84. The van der Waals surface area contributed by atoms with E-state index in [0.717, 1.165) is 5.76 Å². The van der Waals surface area contributed by atoms with Crippen LogP contribution in [-0.2, 0) is 0 Å². The minimum absolute atomic E-state index is 0.291. The number of carbonyl (C=O) groups is 2. The van der Waals surface area contributed by atoms with Crippen LogP contribution in [0.2, 0.25) is 0 Å². The molecule has 24 heavy (non-hydrogen) atoms. The number of carbonyl (C=O) groups excluding carboxylic acids is 2. The average Bonchev–Trinajstić information content (AvgIpc) is 3.13. The van der Waals surface area contributed by atoms with Crippen molar-refractivity contribution in [3.63, 3.8) is 0 Å². The van der Waals surface area contributed by atoms with E-state index in [1.165, 1.54) is 17.4 Å². The van der Waals surface area contributed by atoms with Crippen LogP contribution in [0.25, 0.3) is 10.8 Å². The molecule has 0 bridgehead atoms. The van der Waals surface area contributed by atoms with Crippen molar-refractivity contribution in [2.24, 2.45) is 5.73 Å². The molecule has 0 atom stereocenters. The molecule has 3 aromatic rings. The second-order valence-corrected chi connectivity index (χ2v) is 6.24. The average molecular weight is 341 g/mol. The van der Waals surface area contributed by atoms with E-state index in [-0.39, 0.29) is 5.91 Å². The van der Waals surface area contributed by atoms with Crippen molar-refractivity contribution in [1.82, 2.24) is 4.98 Å². The van der Waals surface area contributed by atoms with Gasteiger partial charge in [0.25, 0.3) is 5.91 Å². The number of rotatable bonds is 4. The fourth-order valence-electron chi connectivity index (χ4n) is 2.20. The summed E-state index contributed by atoms with van der Waals surface area (Å²) in [5.41, 5.74) is 6.70. The number of nitrogens with zero attached hydrogens (tertiary/aromatic N) is 1. The fraction of sp³-hybridized carbons (Fsp3) is 0.118. The van der Waals surface area contributed by atoms with Crippen LogP contribution in [0.3, 0.4) is 0 Å². The largest absolute Gasteiger partial charge is 0.459 e. The minimum Gasteiger partial charge on any atom is -0.459 e. The second kappa shape index (κ2) is 6.29. The lowest BCUT2D eigenvalue weighted by Gasteiger charge is -2.05. The molecule has 0 saturated heterocycles. The summed E-state index contributed by atoms with van der Waals surface area (Å²) in [7, 11) is 0. The van der Waals surface area contributed by atoms with E-state index in [1.54, 1.807) is 25.1 Å².